The summed E-state index contributed by atoms with van der Waals surface area (Å²) in [5, 5.41) is 19.1. The predicted molar refractivity (Wildman–Crippen MR) is 68.0 cm³/mol. The van der Waals surface area contributed by atoms with E-state index in [2.05, 4.69) is 15.5 Å². The van der Waals surface area contributed by atoms with Crippen LogP contribution in [-0.4, -0.2) is 20.7 Å². The Balaban J connectivity index is 2.19. The molecule has 7 heteroatoms. The van der Waals surface area contributed by atoms with E-state index in [1.54, 1.807) is 24.6 Å². The van der Waals surface area contributed by atoms with Crippen LogP contribution in [0.25, 0.3) is 0 Å². The van der Waals surface area contributed by atoms with E-state index >= 15 is 0 Å². The molecule has 1 aromatic carbocycles. The summed E-state index contributed by atoms with van der Waals surface area (Å²) in [5.74, 6) is -0.521. The van der Waals surface area contributed by atoms with E-state index in [9.17, 15) is 9.18 Å². The average Bonchev–Trinajstić information content (AvgIpc) is 2.84. The van der Waals surface area contributed by atoms with Crippen LogP contribution in [-0.2, 0) is 7.05 Å². The Labute approximate surface area is 114 Å². The maximum Gasteiger partial charge on any atom is 0.252 e. The molecule has 102 valence electrons. The van der Waals surface area contributed by atoms with Gasteiger partial charge in [-0.25, -0.2) is 4.39 Å². The normalized spacial score (nSPS) is 11.7. The van der Waals surface area contributed by atoms with E-state index in [4.69, 9.17) is 5.26 Å². The van der Waals surface area contributed by atoms with Gasteiger partial charge in [0.1, 0.15) is 12.1 Å². The minimum Gasteiger partial charge on any atom is -0.342 e. The zero-order valence-electron chi connectivity index (χ0n) is 11.0. The number of carbonyl (C=O) groups is 1. The molecule has 0 aliphatic rings. The van der Waals surface area contributed by atoms with Gasteiger partial charge in [0.2, 0.25) is 0 Å². The van der Waals surface area contributed by atoms with Gasteiger partial charge in [0.15, 0.2) is 5.82 Å². The van der Waals surface area contributed by atoms with Crippen molar-refractivity contribution in [2.24, 2.45) is 7.05 Å². The van der Waals surface area contributed by atoms with Crippen molar-refractivity contribution in [1.29, 1.82) is 5.26 Å². The first kappa shape index (κ1) is 13.7. The summed E-state index contributed by atoms with van der Waals surface area (Å²) in [6.07, 6.45) is 1.52. The van der Waals surface area contributed by atoms with Gasteiger partial charge in [0, 0.05) is 12.6 Å². The fraction of sp³-hybridized carbons (Fsp3) is 0.231. The Morgan fingerprint density at radius 1 is 1.50 bits per heavy atom. The second-order valence-electron chi connectivity index (χ2n) is 4.34. The number of rotatable bonds is 3. The third kappa shape index (κ3) is 2.80. The molecular weight excluding hydrogens is 261 g/mol. The molecule has 0 spiro atoms. The van der Waals surface area contributed by atoms with Crippen LogP contribution in [0, 0.1) is 17.1 Å². The van der Waals surface area contributed by atoms with Crippen LogP contribution in [0.5, 0.6) is 0 Å². The Morgan fingerprint density at radius 3 is 2.85 bits per heavy atom. The molecule has 2 rings (SSSR count). The molecule has 0 fully saturated rings. The van der Waals surface area contributed by atoms with Crippen LogP contribution < -0.4 is 5.32 Å². The first-order chi connectivity index (χ1) is 9.51. The SMILES string of the molecule is CC(NC(=O)c1cc(F)cc(C#N)c1)c1nncn1C. The van der Waals surface area contributed by atoms with E-state index in [-0.39, 0.29) is 17.2 Å². The Morgan fingerprint density at radius 2 is 2.25 bits per heavy atom. The number of carbonyl (C=O) groups excluding carboxylic acids is 1. The molecule has 1 N–H and O–H groups in total. The van der Waals surface area contributed by atoms with Crippen LogP contribution in [0.15, 0.2) is 24.5 Å². The highest BCUT2D eigenvalue weighted by Gasteiger charge is 2.16. The molecule has 1 amide bonds. The Bertz CT molecular complexity index is 688. The zero-order valence-corrected chi connectivity index (χ0v) is 11.0. The van der Waals surface area contributed by atoms with E-state index in [1.165, 1.54) is 12.4 Å². The maximum absolute atomic E-state index is 13.3. The number of aromatic nitrogens is 3. The first-order valence-electron chi connectivity index (χ1n) is 5.86. The van der Waals surface area contributed by atoms with E-state index in [0.717, 1.165) is 12.1 Å². The van der Waals surface area contributed by atoms with Crippen molar-refractivity contribution in [3.8, 4) is 6.07 Å². The predicted octanol–water partition coefficient (Wildman–Crippen LogP) is 1.32. The third-order valence-electron chi connectivity index (χ3n) is 2.77. The van der Waals surface area contributed by atoms with Gasteiger partial charge in [-0.2, -0.15) is 5.26 Å². The number of nitrogens with one attached hydrogen (secondary N) is 1. The number of halogens is 1. The van der Waals surface area contributed by atoms with Crippen LogP contribution in [0.2, 0.25) is 0 Å². The van der Waals surface area contributed by atoms with Gasteiger partial charge in [-0.1, -0.05) is 0 Å². The third-order valence-corrected chi connectivity index (χ3v) is 2.77. The number of hydrogen-bond donors (Lipinski definition) is 1. The smallest absolute Gasteiger partial charge is 0.252 e. The molecule has 1 unspecified atom stereocenters. The summed E-state index contributed by atoms with van der Waals surface area (Å²) in [4.78, 5) is 12.0. The number of hydrogen-bond acceptors (Lipinski definition) is 4. The summed E-state index contributed by atoms with van der Waals surface area (Å²) in [6.45, 7) is 1.74. The summed E-state index contributed by atoms with van der Waals surface area (Å²) in [7, 11) is 1.76. The molecule has 0 saturated heterocycles. The molecule has 6 nitrogen and oxygen atoms in total. The number of aryl methyl sites for hydroxylation is 1. The largest absolute Gasteiger partial charge is 0.342 e. The number of nitriles is 1. The molecule has 1 aromatic heterocycles. The quantitative estimate of drug-likeness (QED) is 0.914. The van der Waals surface area contributed by atoms with Gasteiger partial charge >= 0.3 is 0 Å². The van der Waals surface area contributed by atoms with Gasteiger partial charge < -0.3 is 9.88 Å². The van der Waals surface area contributed by atoms with E-state index in [0.29, 0.717) is 5.82 Å². The molecule has 0 aliphatic carbocycles. The molecule has 0 bridgehead atoms. The second kappa shape index (κ2) is 5.48. The van der Waals surface area contributed by atoms with Gasteiger partial charge in [-0.3, -0.25) is 4.79 Å². The van der Waals surface area contributed by atoms with Gasteiger partial charge in [0.05, 0.1) is 17.7 Å². The topological polar surface area (TPSA) is 83.6 Å². The van der Waals surface area contributed by atoms with Crippen LogP contribution in [0.4, 0.5) is 4.39 Å². The van der Waals surface area contributed by atoms with Gasteiger partial charge in [-0.15, -0.1) is 10.2 Å². The summed E-state index contributed by atoms with van der Waals surface area (Å²) in [5.41, 5.74) is 0.192. The highest BCUT2D eigenvalue weighted by molar-refractivity contribution is 5.94. The highest BCUT2D eigenvalue weighted by atomic mass is 19.1. The standard InChI is InChI=1S/C13H12FN5O/c1-8(12-18-16-7-19(12)2)17-13(20)10-3-9(6-15)4-11(14)5-10/h3-5,7-8H,1-2H3,(H,17,20). The van der Waals surface area contributed by atoms with Gasteiger partial charge in [0.25, 0.3) is 5.91 Å². The second-order valence-corrected chi connectivity index (χ2v) is 4.34. The lowest BCUT2D eigenvalue weighted by molar-refractivity contribution is 0.0937. The zero-order chi connectivity index (χ0) is 14.7. The van der Waals surface area contributed by atoms with Crippen molar-refractivity contribution in [1.82, 2.24) is 20.1 Å². The van der Waals surface area contributed by atoms with Crippen molar-refractivity contribution < 1.29 is 9.18 Å². The lowest BCUT2D eigenvalue weighted by Gasteiger charge is -2.13. The fourth-order valence-corrected chi connectivity index (χ4v) is 1.81. The van der Waals surface area contributed by atoms with E-state index in [1.807, 2.05) is 0 Å². The van der Waals surface area contributed by atoms with Gasteiger partial charge in [-0.05, 0) is 25.1 Å². The lowest BCUT2D eigenvalue weighted by atomic mass is 10.1. The van der Waals surface area contributed by atoms with Crippen LogP contribution in [0.3, 0.4) is 0 Å². The van der Waals surface area contributed by atoms with E-state index < -0.39 is 11.7 Å². The summed E-state index contributed by atoms with van der Waals surface area (Å²) in [6, 6.07) is 4.91. The van der Waals surface area contributed by atoms with Crippen molar-refractivity contribution in [2.75, 3.05) is 0 Å². The molecule has 1 heterocycles. The highest BCUT2D eigenvalue weighted by Crippen LogP contribution is 2.12. The van der Waals surface area contributed by atoms with Crippen LogP contribution in [0.1, 0.15) is 34.7 Å². The Hall–Kier alpha value is -2.75. The minimum atomic E-state index is -0.625. The average molecular weight is 273 g/mol. The lowest BCUT2D eigenvalue weighted by Crippen LogP contribution is -2.28. The first-order valence-corrected chi connectivity index (χ1v) is 5.86. The monoisotopic (exact) mass is 273 g/mol. The molecular formula is C13H12FN5O. The molecule has 20 heavy (non-hydrogen) atoms. The van der Waals surface area contributed by atoms with Crippen molar-refractivity contribution >= 4 is 5.91 Å². The molecule has 0 aliphatic heterocycles. The molecule has 0 radical (unpaired) electrons. The Kier molecular flexibility index (Phi) is 3.75. The number of amides is 1. The molecule has 0 saturated carbocycles. The van der Waals surface area contributed by atoms with Crippen molar-refractivity contribution in [2.45, 2.75) is 13.0 Å². The van der Waals surface area contributed by atoms with Crippen molar-refractivity contribution in [3.63, 3.8) is 0 Å². The summed E-state index contributed by atoms with van der Waals surface area (Å²) >= 11 is 0. The minimum absolute atomic E-state index is 0.0931. The molecule has 2 aromatic rings. The van der Waals surface area contributed by atoms with Crippen molar-refractivity contribution in [3.05, 3.63) is 47.3 Å². The maximum atomic E-state index is 13.3. The fourth-order valence-electron chi connectivity index (χ4n) is 1.81. The molecule has 1 atom stereocenters. The number of benzene rings is 1. The van der Waals surface area contributed by atoms with Crippen LogP contribution >= 0.6 is 0 Å². The summed E-state index contributed by atoms with van der Waals surface area (Å²) < 4.78 is 15.0. The number of nitrogens with zero attached hydrogens (tertiary/aromatic N) is 4.